The molecule has 0 saturated heterocycles. The van der Waals surface area contributed by atoms with E-state index in [1.54, 1.807) is 24.3 Å². The SMILES string of the molecule is N=C1/C(=C\c2ccc(-c3cccc(Cl)c3)o2)C(=O)N=C2SC=NN12. The van der Waals surface area contributed by atoms with Crippen molar-refractivity contribution in [1.82, 2.24) is 5.01 Å². The number of nitrogens with zero attached hydrogens (tertiary/aromatic N) is 3. The Bertz CT molecular complexity index is 960. The molecule has 0 fully saturated rings. The number of amides is 1. The summed E-state index contributed by atoms with van der Waals surface area (Å²) >= 11 is 7.19. The highest BCUT2D eigenvalue weighted by Gasteiger charge is 2.32. The van der Waals surface area contributed by atoms with Crippen LogP contribution in [0, 0.1) is 5.41 Å². The second-order valence-corrected chi connectivity index (χ2v) is 6.22. The minimum Gasteiger partial charge on any atom is -0.457 e. The highest BCUT2D eigenvalue weighted by atomic mass is 35.5. The first-order valence-electron chi connectivity index (χ1n) is 6.90. The number of hydrogen-bond donors (Lipinski definition) is 1. The number of halogens is 1. The molecule has 0 bridgehead atoms. The van der Waals surface area contributed by atoms with Crippen LogP contribution in [0.1, 0.15) is 5.76 Å². The normalized spacial score (nSPS) is 18.3. The number of aliphatic imine (C=N–C) groups is 1. The Labute approximate surface area is 146 Å². The molecule has 0 aliphatic carbocycles. The van der Waals surface area contributed by atoms with Crippen LogP contribution < -0.4 is 0 Å². The Hall–Kier alpha value is -2.64. The smallest absolute Gasteiger partial charge is 0.283 e. The van der Waals surface area contributed by atoms with Gasteiger partial charge in [-0.15, -0.1) is 0 Å². The first kappa shape index (κ1) is 14.9. The van der Waals surface area contributed by atoms with Gasteiger partial charge < -0.3 is 4.42 Å². The largest absolute Gasteiger partial charge is 0.457 e. The molecule has 8 heteroatoms. The van der Waals surface area contributed by atoms with Gasteiger partial charge in [-0.1, -0.05) is 23.7 Å². The van der Waals surface area contributed by atoms with Crippen LogP contribution in [0.15, 0.2) is 56.5 Å². The Morgan fingerprint density at radius 3 is 3.00 bits per heavy atom. The number of hydrogen-bond acceptors (Lipinski definition) is 5. The van der Waals surface area contributed by atoms with E-state index < -0.39 is 5.91 Å². The Morgan fingerprint density at radius 2 is 2.17 bits per heavy atom. The van der Waals surface area contributed by atoms with E-state index in [0.717, 1.165) is 5.56 Å². The van der Waals surface area contributed by atoms with Gasteiger partial charge in [0.1, 0.15) is 11.5 Å². The molecule has 1 N–H and O–H groups in total. The molecule has 1 aromatic carbocycles. The summed E-state index contributed by atoms with van der Waals surface area (Å²) in [5.74, 6) is 0.572. The number of carbonyl (C=O) groups excluding carboxylic acids is 1. The van der Waals surface area contributed by atoms with Crippen molar-refractivity contribution >= 4 is 51.9 Å². The summed E-state index contributed by atoms with van der Waals surface area (Å²) in [6, 6.07) is 10.8. The quantitative estimate of drug-likeness (QED) is 0.828. The summed E-state index contributed by atoms with van der Waals surface area (Å²) in [6.07, 6.45) is 1.50. The number of nitrogens with one attached hydrogen (secondary N) is 1. The fourth-order valence-corrected chi connectivity index (χ4v) is 3.11. The monoisotopic (exact) mass is 356 g/mol. The van der Waals surface area contributed by atoms with E-state index in [-0.39, 0.29) is 11.4 Å². The number of carbonyl (C=O) groups is 1. The average Bonchev–Trinajstić information content (AvgIpc) is 3.20. The molecule has 0 saturated carbocycles. The predicted molar refractivity (Wildman–Crippen MR) is 95.2 cm³/mol. The van der Waals surface area contributed by atoms with Gasteiger partial charge in [0.05, 0.1) is 11.1 Å². The standard InChI is InChI=1S/C16H9ClN4O2S/c17-10-3-1-2-9(6-10)13-5-4-11(23-13)7-12-14(18)21-16(20-15(12)22)24-8-19-21/h1-8,18H/b12-7+,18-14?. The van der Waals surface area contributed by atoms with Crippen molar-refractivity contribution in [3.05, 3.63) is 52.8 Å². The Kier molecular flexibility index (Phi) is 3.59. The minimum atomic E-state index is -0.482. The maximum absolute atomic E-state index is 12.1. The highest BCUT2D eigenvalue weighted by molar-refractivity contribution is 8.25. The molecule has 2 aromatic rings. The summed E-state index contributed by atoms with van der Waals surface area (Å²) < 4.78 is 5.74. The van der Waals surface area contributed by atoms with Gasteiger partial charge >= 0.3 is 0 Å². The van der Waals surface area contributed by atoms with Crippen LogP contribution >= 0.6 is 23.4 Å². The van der Waals surface area contributed by atoms with Crippen molar-refractivity contribution in [3.8, 4) is 11.3 Å². The molecule has 0 spiro atoms. The lowest BCUT2D eigenvalue weighted by Gasteiger charge is -2.19. The zero-order valence-electron chi connectivity index (χ0n) is 12.1. The first-order valence-corrected chi connectivity index (χ1v) is 8.16. The zero-order chi connectivity index (χ0) is 16.7. The number of thioether (sulfide) groups is 1. The third kappa shape index (κ3) is 2.57. The summed E-state index contributed by atoms with van der Waals surface area (Å²) in [6.45, 7) is 0. The van der Waals surface area contributed by atoms with Crippen LogP contribution in [0.4, 0.5) is 0 Å². The zero-order valence-corrected chi connectivity index (χ0v) is 13.6. The number of rotatable bonds is 2. The molecule has 6 nitrogen and oxygen atoms in total. The molecular weight excluding hydrogens is 348 g/mol. The molecule has 2 aliphatic heterocycles. The third-order valence-electron chi connectivity index (χ3n) is 3.42. The van der Waals surface area contributed by atoms with Gasteiger partial charge in [0, 0.05) is 10.6 Å². The van der Waals surface area contributed by atoms with Gasteiger partial charge in [-0.2, -0.15) is 15.1 Å². The molecule has 3 heterocycles. The van der Waals surface area contributed by atoms with Crippen molar-refractivity contribution in [2.45, 2.75) is 0 Å². The first-order chi connectivity index (χ1) is 11.6. The van der Waals surface area contributed by atoms with E-state index in [0.29, 0.717) is 21.7 Å². The van der Waals surface area contributed by atoms with E-state index in [2.05, 4.69) is 10.1 Å². The lowest BCUT2D eigenvalue weighted by Crippen LogP contribution is -2.35. The highest BCUT2D eigenvalue weighted by Crippen LogP contribution is 2.28. The molecule has 1 aromatic heterocycles. The molecule has 0 atom stereocenters. The third-order valence-corrected chi connectivity index (χ3v) is 4.33. The fraction of sp³-hybridized carbons (Fsp3) is 0. The molecule has 0 radical (unpaired) electrons. The van der Waals surface area contributed by atoms with Crippen LogP contribution in [0.25, 0.3) is 17.4 Å². The van der Waals surface area contributed by atoms with Crippen molar-refractivity contribution in [3.63, 3.8) is 0 Å². The summed E-state index contributed by atoms with van der Waals surface area (Å²) in [7, 11) is 0. The van der Waals surface area contributed by atoms with Crippen molar-refractivity contribution in [2.24, 2.45) is 10.1 Å². The van der Waals surface area contributed by atoms with E-state index >= 15 is 0 Å². The summed E-state index contributed by atoms with van der Waals surface area (Å²) in [5.41, 5.74) is 2.50. The van der Waals surface area contributed by atoms with Crippen LogP contribution in [0.2, 0.25) is 5.02 Å². The lowest BCUT2D eigenvalue weighted by molar-refractivity contribution is -0.114. The number of hydrazone groups is 1. The average molecular weight is 357 g/mol. The number of benzene rings is 1. The van der Waals surface area contributed by atoms with E-state index in [4.69, 9.17) is 21.4 Å². The number of furan rings is 1. The van der Waals surface area contributed by atoms with Gasteiger partial charge in [0.2, 0.25) is 0 Å². The van der Waals surface area contributed by atoms with E-state index in [9.17, 15) is 4.79 Å². The second kappa shape index (κ2) is 5.77. The summed E-state index contributed by atoms with van der Waals surface area (Å²) in [5, 5.41) is 14.4. The van der Waals surface area contributed by atoms with E-state index in [1.807, 2.05) is 12.1 Å². The Balaban J connectivity index is 1.68. The maximum Gasteiger partial charge on any atom is 0.283 e. The minimum absolute atomic E-state index is 0.0213. The molecule has 4 rings (SSSR count). The molecule has 0 unspecified atom stereocenters. The molecular formula is C16H9ClN4O2S. The van der Waals surface area contributed by atoms with Crippen molar-refractivity contribution in [1.29, 1.82) is 5.41 Å². The fourth-order valence-electron chi connectivity index (χ4n) is 2.31. The summed E-state index contributed by atoms with van der Waals surface area (Å²) in [4.78, 5) is 16.0. The van der Waals surface area contributed by atoms with Gasteiger partial charge in [0.25, 0.3) is 5.91 Å². The molecule has 118 valence electrons. The van der Waals surface area contributed by atoms with Gasteiger partial charge in [-0.05, 0) is 42.1 Å². The van der Waals surface area contributed by atoms with Crippen LogP contribution in [0.3, 0.4) is 0 Å². The van der Waals surface area contributed by atoms with Crippen LogP contribution in [-0.2, 0) is 4.79 Å². The molecule has 24 heavy (non-hydrogen) atoms. The van der Waals surface area contributed by atoms with Crippen molar-refractivity contribution < 1.29 is 9.21 Å². The van der Waals surface area contributed by atoms with Gasteiger partial charge in [0.15, 0.2) is 11.0 Å². The van der Waals surface area contributed by atoms with Gasteiger partial charge in [-0.3, -0.25) is 10.2 Å². The number of amidine groups is 2. The molecule has 1 amide bonds. The maximum atomic E-state index is 12.1. The lowest BCUT2D eigenvalue weighted by atomic mass is 10.1. The topological polar surface area (TPSA) is 82.0 Å². The Morgan fingerprint density at radius 1 is 1.29 bits per heavy atom. The van der Waals surface area contributed by atoms with E-state index in [1.165, 1.54) is 28.4 Å². The van der Waals surface area contributed by atoms with Gasteiger partial charge in [-0.25, -0.2) is 0 Å². The van der Waals surface area contributed by atoms with Crippen molar-refractivity contribution in [2.75, 3.05) is 0 Å². The number of fused-ring (bicyclic) bond motifs is 1. The van der Waals surface area contributed by atoms with Crippen LogP contribution in [0.5, 0.6) is 0 Å². The molecule has 2 aliphatic rings. The predicted octanol–water partition coefficient (Wildman–Crippen LogP) is 3.85. The second-order valence-electron chi connectivity index (χ2n) is 4.97. The van der Waals surface area contributed by atoms with Crippen LogP contribution in [-0.4, -0.2) is 27.5 Å².